The highest BCUT2D eigenvalue weighted by molar-refractivity contribution is 5.29. The summed E-state index contributed by atoms with van der Waals surface area (Å²) in [5, 5.41) is 0. The van der Waals surface area contributed by atoms with Gasteiger partial charge in [-0.05, 0) is 12.2 Å². The van der Waals surface area contributed by atoms with Crippen molar-refractivity contribution in [3.63, 3.8) is 0 Å². The van der Waals surface area contributed by atoms with Crippen LogP contribution < -0.4 is 0 Å². The third-order valence-electron chi connectivity index (χ3n) is 1.11. The second kappa shape index (κ2) is 3.74. The van der Waals surface area contributed by atoms with Gasteiger partial charge in [0.05, 0.1) is 6.61 Å². The van der Waals surface area contributed by atoms with Crippen LogP contribution in [0.25, 0.3) is 0 Å². The normalized spacial score (nSPS) is 13.3. The van der Waals surface area contributed by atoms with E-state index in [0.29, 0.717) is 13.2 Å². The van der Waals surface area contributed by atoms with Gasteiger partial charge in [0.25, 0.3) is 0 Å². The summed E-state index contributed by atoms with van der Waals surface area (Å²) in [6.07, 6.45) is 10.7. The molecule has 0 heterocycles. The highest BCUT2D eigenvalue weighted by atomic mass is 16.5. The van der Waals surface area contributed by atoms with Crippen molar-refractivity contribution in [3.05, 3.63) is 29.5 Å². The molecule has 0 atom stereocenters. The van der Waals surface area contributed by atoms with Gasteiger partial charge in [0, 0.05) is 5.57 Å². The van der Waals surface area contributed by atoms with E-state index in [0.717, 1.165) is 5.57 Å². The van der Waals surface area contributed by atoms with Gasteiger partial charge in [-0.1, -0.05) is 12.0 Å². The second-order valence-corrected chi connectivity index (χ2v) is 1.89. The summed E-state index contributed by atoms with van der Waals surface area (Å²) in [5.74, 6) is 2.39. The van der Waals surface area contributed by atoms with E-state index in [4.69, 9.17) is 11.2 Å². The van der Waals surface area contributed by atoms with Crippen LogP contribution >= 0.6 is 0 Å². The minimum absolute atomic E-state index is 0.374. The SMILES string of the molecule is C#CCOCC1=C=CC=C1. The molecule has 0 amide bonds. The Bertz CT molecular complexity index is 234. The van der Waals surface area contributed by atoms with Gasteiger partial charge in [-0.25, -0.2) is 0 Å². The molecule has 0 bridgehead atoms. The maximum Gasteiger partial charge on any atom is 0.107 e. The molecule has 0 unspecified atom stereocenters. The molecule has 1 aliphatic rings. The quantitative estimate of drug-likeness (QED) is 0.319. The zero-order valence-electron chi connectivity index (χ0n) is 5.63. The molecule has 0 aromatic heterocycles. The van der Waals surface area contributed by atoms with Crippen LogP contribution in [0.3, 0.4) is 0 Å². The van der Waals surface area contributed by atoms with Crippen LogP contribution in [0.5, 0.6) is 0 Å². The molecule has 1 aliphatic carbocycles. The van der Waals surface area contributed by atoms with E-state index in [-0.39, 0.29) is 0 Å². The highest BCUT2D eigenvalue weighted by Crippen LogP contribution is 2.00. The average Bonchev–Trinajstić information content (AvgIpc) is 2.41. The Morgan fingerprint density at radius 3 is 3.20 bits per heavy atom. The Morgan fingerprint density at radius 2 is 2.60 bits per heavy atom. The largest absolute Gasteiger partial charge is 0.363 e. The Hall–Kier alpha value is -1.22. The van der Waals surface area contributed by atoms with Gasteiger partial charge >= 0.3 is 0 Å². The first-order valence-electron chi connectivity index (χ1n) is 3.07. The van der Waals surface area contributed by atoms with Crippen LogP contribution in [0, 0.1) is 12.3 Å². The fourth-order valence-corrected chi connectivity index (χ4v) is 0.677. The van der Waals surface area contributed by atoms with Crippen molar-refractivity contribution in [2.45, 2.75) is 0 Å². The first-order chi connectivity index (χ1) is 4.93. The molecule has 0 aromatic rings. The Balaban J connectivity index is 2.22. The van der Waals surface area contributed by atoms with Gasteiger partial charge < -0.3 is 4.74 Å². The zero-order valence-corrected chi connectivity index (χ0v) is 5.63. The van der Waals surface area contributed by atoms with Gasteiger partial charge in [0.1, 0.15) is 6.61 Å². The fourth-order valence-electron chi connectivity index (χ4n) is 0.677. The Labute approximate surface area is 60.7 Å². The summed E-state index contributed by atoms with van der Waals surface area (Å²) in [4.78, 5) is 0. The molecule has 10 heavy (non-hydrogen) atoms. The summed E-state index contributed by atoms with van der Waals surface area (Å²) in [7, 11) is 0. The highest BCUT2D eigenvalue weighted by Gasteiger charge is 1.92. The molecule has 0 saturated carbocycles. The number of hydrogen-bond donors (Lipinski definition) is 0. The molecule has 0 aliphatic heterocycles. The van der Waals surface area contributed by atoms with Crippen LogP contribution in [0.1, 0.15) is 0 Å². The molecule has 1 rings (SSSR count). The lowest BCUT2D eigenvalue weighted by Crippen LogP contribution is -1.94. The maximum absolute atomic E-state index is 5.06. The zero-order chi connectivity index (χ0) is 7.23. The standard InChI is InChI=1S/C9H8O/c1-2-7-10-8-9-5-3-4-6-9/h1,3-5H,7-8H2. The Morgan fingerprint density at radius 1 is 1.70 bits per heavy atom. The van der Waals surface area contributed by atoms with Gasteiger partial charge in [0.15, 0.2) is 0 Å². The van der Waals surface area contributed by atoms with E-state index in [1.54, 1.807) is 0 Å². The number of ether oxygens (including phenoxy) is 1. The predicted octanol–water partition coefficient (Wildman–Crippen LogP) is 1.29. The van der Waals surface area contributed by atoms with E-state index in [9.17, 15) is 0 Å². The van der Waals surface area contributed by atoms with Crippen molar-refractivity contribution < 1.29 is 4.74 Å². The summed E-state index contributed by atoms with van der Waals surface area (Å²) < 4.78 is 5.06. The number of rotatable bonds is 3. The van der Waals surface area contributed by atoms with Crippen molar-refractivity contribution in [2.24, 2.45) is 0 Å². The molecule has 0 spiro atoms. The van der Waals surface area contributed by atoms with Crippen LogP contribution in [0.15, 0.2) is 29.5 Å². The number of hydrogen-bond acceptors (Lipinski definition) is 1. The van der Waals surface area contributed by atoms with Crippen molar-refractivity contribution in [1.29, 1.82) is 0 Å². The molecule has 50 valence electrons. The third-order valence-corrected chi connectivity index (χ3v) is 1.11. The molecule has 0 radical (unpaired) electrons. The smallest absolute Gasteiger partial charge is 0.107 e. The number of allylic oxidation sites excluding steroid dienone is 1. The van der Waals surface area contributed by atoms with E-state index in [1.807, 2.05) is 18.2 Å². The molecular formula is C9H8O. The minimum Gasteiger partial charge on any atom is -0.363 e. The topological polar surface area (TPSA) is 9.23 Å². The van der Waals surface area contributed by atoms with Crippen molar-refractivity contribution in [1.82, 2.24) is 0 Å². The molecule has 1 nitrogen and oxygen atoms in total. The van der Waals surface area contributed by atoms with E-state index in [1.165, 1.54) is 0 Å². The second-order valence-electron chi connectivity index (χ2n) is 1.89. The monoisotopic (exact) mass is 132 g/mol. The predicted molar refractivity (Wildman–Crippen MR) is 40.4 cm³/mol. The fraction of sp³-hybridized carbons (Fsp3) is 0.222. The van der Waals surface area contributed by atoms with Crippen LogP contribution in [-0.4, -0.2) is 13.2 Å². The van der Waals surface area contributed by atoms with Crippen molar-refractivity contribution >= 4 is 0 Å². The Kier molecular flexibility index (Phi) is 2.58. The van der Waals surface area contributed by atoms with E-state index < -0.39 is 0 Å². The minimum atomic E-state index is 0.374. The lowest BCUT2D eigenvalue weighted by Gasteiger charge is -1.95. The van der Waals surface area contributed by atoms with Gasteiger partial charge in [-0.15, -0.1) is 12.2 Å². The summed E-state index contributed by atoms with van der Waals surface area (Å²) in [6, 6.07) is 0. The van der Waals surface area contributed by atoms with Gasteiger partial charge in [-0.2, -0.15) is 0 Å². The lowest BCUT2D eigenvalue weighted by molar-refractivity contribution is 0.194. The van der Waals surface area contributed by atoms with Gasteiger partial charge in [-0.3, -0.25) is 0 Å². The molecule has 1 heteroatoms. The van der Waals surface area contributed by atoms with Crippen LogP contribution in [-0.2, 0) is 4.74 Å². The average molecular weight is 132 g/mol. The van der Waals surface area contributed by atoms with E-state index >= 15 is 0 Å². The summed E-state index contributed by atoms with van der Waals surface area (Å²) in [6.45, 7) is 0.941. The van der Waals surface area contributed by atoms with Gasteiger partial charge in [0.2, 0.25) is 0 Å². The maximum atomic E-state index is 5.06. The summed E-state index contributed by atoms with van der Waals surface area (Å²) in [5.41, 5.74) is 4.05. The molecule has 0 N–H and O–H groups in total. The van der Waals surface area contributed by atoms with Crippen LogP contribution in [0.4, 0.5) is 0 Å². The van der Waals surface area contributed by atoms with Crippen LogP contribution in [0.2, 0.25) is 0 Å². The van der Waals surface area contributed by atoms with Crippen molar-refractivity contribution in [2.75, 3.05) is 13.2 Å². The molecule has 0 fully saturated rings. The number of terminal acetylenes is 1. The summed E-state index contributed by atoms with van der Waals surface area (Å²) >= 11 is 0. The lowest BCUT2D eigenvalue weighted by atomic mass is 10.3. The molecule has 0 aromatic carbocycles. The first-order valence-corrected chi connectivity index (χ1v) is 3.07. The van der Waals surface area contributed by atoms with E-state index in [2.05, 4.69) is 11.7 Å². The molecule has 0 saturated heterocycles. The first kappa shape index (κ1) is 6.89. The third kappa shape index (κ3) is 1.95. The van der Waals surface area contributed by atoms with Crippen molar-refractivity contribution in [3.8, 4) is 12.3 Å². The molecular weight excluding hydrogens is 124 g/mol.